The van der Waals surface area contributed by atoms with Gasteiger partial charge >= 0.3 is 0 Å². The number of benzene rings is 3. The fourth-order valence-electron chi connectivity index (χ4n) is 4.02. The number of para-hydroxylation sites is 2. The van der Waals surface area contributed by atoms with Crippen molar-refractivity contribution in [2.75, 3.05) is 0 Å². The molecule has 0 spiro atoms. The predicted molar refractivity (Wildman–Crippen MR) is 139 cm³/mol. The molecule has 0 fully saturated rings. The second kappa shape index (κ2) is 8.40. The normalized spacial score (nSPS) is 12.2. The van der Waals surface area contributed by atoms with E-state index in [0.717, 1.165) is 33.4 Å². The van der Waals surface area contributed by atoms with E-state index in [-0.39, 0.29) is 5.56 Å². The maximum Gasteiger partial charge on any atom is 0.274 e. The molecule has 0 bridgehead atoms. The second-order valence-corrected chi connectivity index (χ2v) is 9.70. The van der Waals surface area contributed by atoms with Gasteiger partial charge < -0.3 is 0 Å². The van der Waals surface area contributed by atoms with E-state index in [1.807, 2.05) is 83.7 Å². The second-order valence-electron chi connectivity index (χ2n) is 7.88. The van der Waals surface area contributed by atoms with Crippen molar-refractivity contribution >= 4 is 56.6 Å². The highest BCUT2D eigenvalue weighted by molar-refractivity contribution is 7.15. The van der Waals surface area contributed by atoms with Crippen LogP contribution in [0.15, 0.2) is 83.8 Å². The topological polar surface area (TPSA) is 52.2 Å². The Morgan fingerprint density at radius 3 is 2.56 bits per heavy atom. The van der Waals surface area contributed by atoms with Crippen LogP contribution in [0.4, 0.5) is 0 Å². The molecule has 6 rings (SSSR count). The summed E-state index contributed by atoms with van der Waals surface area (Å²) in [6.07, 6.45) is 3.85. The van der Waals surface area contributed by atoms with Crippen LogP contribution < -0.4 is 10.1 Å². The molecule has 0 unspecified atom stereocenters. The van der Waals surface area contributed by atoms with E-state index in [1.165, 1.54) is 11.3 Å². The highest BCUT2D eigenvalue weighted by Gasteiger charge is 2.14. The van der Waals surface area contributed by atoms with E-state index >= 15 is 0 Å². The van der Waals surface area contributed by atoms with Crippen LogP contribution in [-0.4, -0.2) is 19.2 Å². The van der Waals surface area contributed by atoms with Crippen molar-refractivity contribution in [2.45, 2.75) is 6.54 Å². The smallest absolute Gasteiger partial charge is 0.267 e. The Morgan fingerprint density at radius 1 is 0.941 bits per heavy atom. The first-order valence-electron chi connectivity index (χ1n) is 10.6. The highest BCUT2D eigenvalue weighted by Crippen LogP contribution is 2.26. The Labute approximate surface area is 208 Å². The number of imidazole rings is 1. The van der Waals surface area contributed by atoms with Crippen LogP contribution in [0.2, 0.25) is 10.0 Å². The fourth-order valence-corrected chi connectivity index (χ4v) is 5.32. The minimum atomic E-state index is -0.0788. The van der Waals surface area contributed by atoms with Gasteiger partial charge in [0.2, 0.25) is 0 Å². The van der Waals surface area contributed by atoms with Gasteiger partial charge in [-0.3, -0.25) is 9.48 Å². The zero-order valence-corrected chi connectivity index (χ0v) is 20.0. The molecule has 5 nitrogen and oxygen atoms in total. The quantitative estimate of drug-likeness (QED) is 0.311. The molecule has 6 aromatic rings. The molecule has 0 saturated heterocycles. The molecule has 34 heavy (non-hydrogen) atoms. The van der Waals surface area contributed by atoms with Gasteiger partial charge in [-0.1, -0.05) is 83.1 Å². The van der Waals surface area contributed by atoms with E-state index in [2.05, 4.69) is 4.98 Å². The van der Waals surface area contributed by atoms with Crippen LogP contribution in [0.1, 0.15) is 11.1 Å². The lowest BCUT2D eigenvalue weighted by atomic mass is 10.1. The van der Waals surface area contributed by atoms with Crippen LogP contribution in [0.3, 0.4) is 0 Å². The lowest BCUT2D eigenvalue weighted by Gasteiger charge is -2.03. The van der Waals surface area contributed by atoms with Gasteiger partial charge in [-0.25, -0.2) is 9.38 Å². The Morgan fingerprint density at radius 2 is 1.74 bits per heavy atom. The predicted octanol–water partition coefficient (Wildman–Crippen LogP) is 5.68. The zero-order valence-electron chi connectivity index (χ0n) is 17.7. The summed E-state index contributed by atoms with van der Waals surface area (Å²) >= 11 is 13.6. The van der Waals surface area contributed by atoms with E-state index < -0.39 is 0 Å². The first kappa shape index (κ1) is 21.1. The third-order valence-electron chi connectivity index (χ3n) is 5.60. The molecule has 0 atom stereocenters. The van der Waals surface area contributed by atoms with E-state index in [1.54, 1.807) is 10.5 Å². The summed E-state index contributed by atoms with van der Waals surface area (Å²) in [5.74, 6) is 0. The summed E-state index contributed by atoms with van der Waals surface area (Å²) in [6.45, 7) is 0.521. The molecule has 0 saturated carbocycles. The summed E-state index contributed by atoms with van der Waals surface area (Å²) in [7, 11) is 0. The van der Waals surface area contributed by atoms with Crippen molar-refractivity contribution in [3.05, 3.63) is 115 Å². The van der Waals surface area contributed by atoms with Crippen LogP contribution in [-0.2, 0) is 6.54 Å². The van der Waals surface area contributed by atoms with E-state index in [9.17, 15) is 4.79 Å². The highest BCUT2D eigenvalue weighted by atomic mass is 35.5. The largest absolute Gasteiger partial charge is 0.274 e. The summed E-state index contributed by atoms with van der Waals surface area (Å²) < 4.78 is 4.14. The van der Waals surface area contributed by atoms with Gasteiger partial charge in [-0.15, -0.1) is 0 Å². The average molecular weight is 503 g/mol. The third kappa shape index (κ3) is 3.70. The Bertz CT molecular complexity index is 1790. The number of hydrogen-bond donors (Lipinski definition) is 0. The summed E-state index contributed by atoms with van der Waals surface area (Å²) in [6, 6.07) is 23.1. The molecule has 0 radical (unpaired) electrons. The molecule has 3 aromatic heterocycles. The molecule has 0 N–H and O–H groups in total. The van der Waals surface area contributed by atoms with Gasteiger partial charge in [0.05, 0.1) is 37.8 Å². The van der Waals surface area contributed by atoms with E-state index in [0.29, 0.717) is 26.1 Å². The van der Waals surface area contributed by atoms with Crippen molar-refractivity contribution in [3.63, 3.8) is 0 Å². The van der Waals surface area contributed by atoms with Crippen molar-refractivity contribution in [1.29, 1.82) is 0 Å². The zero-order chi connectivity index (χ0) is 23.2. The fraction of sp³-hybridized carbons (Fsp3) is 0.0385. The first-order chi connectivity index (χ1) is 16.6. The number of hydrogen-bond acceptors (Lipinski definition) is 4. The van der Waals surface area contributed by atoms with Crippen LogP contribution >= 0.6 is 34.5 Å². The van der Waals surface area contributed by atoms with Gasteiger partial charge in [0.25, 0.3) is 5.56 Å². The minimum Gasteiger partial charge on any atom is -0.267 e. The number of thiazole rings is 1. The third-order valence-corrected chi connectivity index (χ3v) is 7.31. The van der Waals surface area contributed by atoms with Crippen LogP contribution in [0.25, 0.3) is 33.3 Å². The summed E-state index contributed by atoms with van der Waals surface area (Å²) in [5, 5.41) is 5.86. The molecule has 0 aliphatic rings. The number of nitrogens with zero attached hydrogens (tertiary/aromatic N) is 4. The Kier molecular flexibility index (Phi) is 5.21. The molecule has 8 heteroatoms. The number of fused-ring (bicyclic) bond motifs is 3. The summed E-state index contributed by atoms with van der Waals surface area (Å²) in [5.41, 5.74) is 5.17. The monoisotopic (exact) mass is 502 g/mol. The molecule has 0 aliphatic heterocycles. The van der Waals surface area contributed by atoms with Gasteiger partial charge in [-0.2, -0.15) is 5.10 Å². The number of halogens is 2. The van der Waals surface area contributed by atoms with Crippen molar-refractivity contribution in [1.82, 2.24) is 19.2 Å². The molecule has 0 aliphatic carbocycles. The Hall–Kier alpha value is -3.45. The lowest BCUT2D eigenvalue weighted by molar-refractivity contribution is 0.689. The molecular weight excluding hydrogens is 487 g/mol. The number of rotatable bonds is 4. The Balaban J connectivity index is 1.50. The molecule has 166 valence electrons. The SMILES string of the molecule is O=c1/c(=C\c2cn(Cc3ccc(Cl)c(Cl)c3)nc2-c2ccccc2)sc2nc3ccccc3n12. The minimum absolute atomic E-state index is 0.0788. The lowest BCUT2D eigenvalue weighted by Crippen LogP contribution is -2.22. The van der Waals surface area contributed by atoms with Crippen molar-refractivity contribution in [2.24, 2.45) is 0 Å². The standard InChI is InChI=1S/C26H16Cl2N4OS/c27-19-11-10-16(12-20(19)28)14-31-15-18(24(30-31)17-6-2-1-3-7-17)13-23-25(33)32-22-9-5-4-8-21(22)29-26(32)34-23/h1-13,15H,14H2/b23-13+. The molecule has 3 aromatic carbocycles. The number of aromatic nitrogens is 4. The van der Waals surface area contributed by atoms with Gasteiger partial charge in [0, 0.05) is 17.3 Å². The molecule has 3 heterocycles. The van der Waals surface area contributed by atoms with Crippen molar-refractivity contribution < 1.29 is 0 Å². The van der Waals surface area contributed by atoms with Gasteiger partial charge in [-0.05, 0) is 35.9 Å². The van der Waals surface area contributed by atoms with E-state index in [4.69, 9.17) is 28.3 Å². The van der Waals surface area contributed by atoms with Crippen molar-refractivity contribution in [3.8, 4) is 11.3 Å². The average Bonchev–Trinajstić information content (AvgIpc) is 3.50. The first-order valence-corrected chi connectivity index (χ1v) is 12.1. The van der Waals surface area contributed by atoms with Crippen LogP contribution in [0.5, 0.6) is 0 Å². The molecular formula is C26H16Cl2N4OS. The summed E-state index contributed by atoms with van der Waals surface area (Å²) in [4.78, 5) is 18.6. The van der Waals surface area contributed by atoms with Crippen LogP contribution in [0, 0.1) is 0 Å². The molecule has 0 amide bonds. The van der Waals surface area contributed by atoms with Gasteiger partial charge in [0.1, 0.15) is 0 Å². The maximum absolute atomic E-state index is 13.3. The van der Waals surface area contributed by atoms with Gasteiger partial charge in [0.15, 0.2) is 4.96 Å². The maximum atomic E-state index is 13.3.